The zero-order chi connectivity index (χ0) is 20.4. The summed E-state index contributed by atoms with van der Waals surface area (Å²) >= 11 is 1.45. The molecule has 0 saturated carbocycles. The third-order valence-corrected chi connectivity index (χ3v) is 5.21. The Morgan fingerprint density at radius 1 is 1.00 bits per heavy atom. The van der Waals surface area contributed by atoms with Crippen molar-refractivity contribution in [3.63, 3.8) is 0 Å². The normalized spacial score (nSPS) is 11.6. The molecule has 0 aliphatic heterocycles. The van der Waals surface area contributed by atoms with Gasteiger partial charge >= 0.3 is 6.36 Å². The largest absolute Gasteiger partial charge is 0.573 e. The minimum atomic E-state index is -4.74. The summed E-state index contributed by atoms with van der Waals surface area (Å²) in [7, 11) is 0. The number of halogens is 4. The lowest BCUT2D eigenvalue weighted by Gasteiger charge is -2.11. The maximum absolute atomic E-state index is 13.2. The minimum absolute atomic E-state index is 0.255. The van der Waals surface area contributed by atoms with E-state index < -0.39 is 6.36 Å². The minimum Gasteiger partial charge on any atom is -0.406 e. The number of ether oxygens (including phenoxy) is 1. The second-order valence-corrected chi connectivity index (χ2v) is 7.16. The van der Waals surface area contributed by atoms with E-state index in [2.05, 4.69) is 20.0 Å². The van der Waals surface area contributed by atoms with Gasteiger partial charge in [-0.15, -0.1) is 24.5 Å². The van der Waals surface area contributed by atoms with Crippen molar-refractivity contribution in [2.45, 2.75) is 12.9 Å². The van der Waals surface area contributed by atoms with Gasteiger partial charge in [0.1, 0.15) is 23.7 Å². The second-order valence-electron chi connectivity index (χ2n) is 6.10. The Morgan fingerprint density at radius 3 is 2.55 bits per heavy atom. The highest BCUT2D eigenvalue weighted by Crippen LogP contribution is 2.35. The lowest BCUT2D eigenvalue weighted by Crippen LogP contribution is -2.17. The number of alkyl halides is 3. The van der Waals surface area contributed by atoms with Crippen LogP contribution in [0.5, 0.6) is 5.75 Å². The van der Waals surface area contributed by atoms with Crippen LogP contribution in [0.4, 0.5) is 23.4 Å². The van der Waals surface area contributed by atoms with Crippen LogP contribution in [0.2, 0.25) is 0 Å². The Hall–Kier alpha value is -3.20. The number of nitrogens with one attached hydrogen (secondary N) is 1. The van der Waals surface area contributed by atoms with Gasteiger partial charge in [-0.05, 0) is 41.5 Å². The zero-order valence-corrected chi connectivity index (χ0v) is 15.5. The van der Waals surface area contributed by atoms with Crippen molar-refractivity contribution in [3.05, 3.63) is 72.3 Å². The van der Waals surface area contributed by atoms with Crippen molar-refractivity contribution >= 4 is 27.4 Å². The molecule has 29 heavy (non-hydrogen) atoms. The Balaban J connectivity index is 1.56. The molecular formula is C20H13F4N3OS. The highest BCUT2D eigenvalue weighted by atomic mass is 32.1. The molecule has 4 rings (SSSR count). The summed E-state index contributed by atoms with van der Waals surface area (Å²) in [5, 5.41) is 3.13. The van der Waals surface area contributed by atoms with Crippen LogP contribution in [-0.4, -0.2) is 16.3 Å². The van der Waals surface area contributed by atoms with Crippen molar-refractivity contribution in [3.8, 4) is 16.2 Å². The van der Waals surface area contributed by atoms with Crippen molar-refractivity contribution in [2.24, 2.45) is 0 Å². The molecule has 2 heterocycles. The fraction of sp³-hybridized carbons (Fsp3) is 0.100. The van der Waals surface area contributed by atoms with Crippen molar-refractivity contribution in [2.75, 3.05) is 5.32 Å². The van der Waals surface area contributed by atoms with Gasteiger partial charge in [0.05, 0.1) is 10.2 Å². The Kier molecular flexibility index (Phi) is 5.06. The van der Waals surface area contributed by atoms with Gasteiger partial charge in [-0.3, -0.25) is 0 Å². The summed E-state index contributed by atoms with van der Waals surface area (Å²) in [6.45, 7) is 0.255. The first-order valence-corrected chi connectivity index (χ1v) is 9.28. The van der Waals surface area contributed by atoms with Crippen molar-refractivity contribution < 1.29 is 22.3 Å². The second kappa shape index (κ2) is 7.67. The first-order valence-electron chi connectivity index (χ1n) is 8.46. The van der Waals surface area contributed by atoms with E-state index in [9.17, 15) is 17.6 Å². The first kappa shape index (κ1) is 19.1. The van der Waals surface area contributed by atoms with Gasteiger partial charge in [-0.2, -0.15) is 0 Å². The van der Waals surface area contributed by atoms with Gasteiger partial charge in [-0.1, -0.05) is 24.3 Å². The molecule has 0 atom stereocenters. The molecule has 2 aromatic heterocycles. The molecule has 0 fully saturated rings. The lowest BCUT2D eigenvalue weighted by molar-refractivity contribution is -0.274. The van der Waals surface area contributed by atoms with E-state index in [0.717, 1.165) is 20.7 Å². The van der Waals surface area contributed by atoms with Crippen LogP contribution >= 0.6 is 11.3 Å². The maximum Gasteiger partial charge on any atom is 0.573 e. The Labute approximate surface area is 166 Å². The van der Waals surface area contributed by atoms with Gasteiger partial charge in [0.15, 0.2) is 0 Å². The fourth-order valence-corrected chi connectivity index (χ4v) is 3.86. The van der Waals surface area contributed by atoms with Crippen LogP contribution in [0.15, 0.2) is 60.9 Å². The highest BCUT2D eigenvalue weighted by molar-refractivity contribution is 7.22. The van der Waals surface area contributed by atoms with Gasteiger partial charge < -0.3 is 10.1 Å². The standard InChI is InChI=1S/C20H13F4N3OS/c21-14-6-4-13(5-7-14)17-9-16-18(29-17)19(27-11-26-16)25-10-12-2-1-3-15(8-12)28-20(22,23)24/h1-9,11H,10H2,(H,25,26,27). The Bertz CT molecular complexity index is 1140. The summed E-state index contributed by atoms with van der Waals surface area (Å²) in [6, 6.07) is 13.8. The average molecular weight is 419 g/mol. The molecule has 0 bridgehead atoms. The molecule has 0 radical (unpaired) electrons. The summed E-state index contributed by atoms with van der Waals surface area (Å²) in [5.41, 5.74) is 2.19. The third-order valence-electron chi connectivity index (χ3n) is 4.03. The third kappa shape index (κ3) is 4.62. The lowest BCUT2D eigenvalue weighted by atomic mass is 10.2. The summed E-state index contributed by atoms with van der Waals surface area (Å²) < 4.78 is 55.1. The predicted octanol–water partition coefficient (Wildman–Crippen LogP) is 6.01. The fourth-order valence-electron chi connectivity index (χ4n) is 2.78. The molecule has 0 saturated heterocycles. The summed E-state index contributed by atoms with van der Waals surface area (Å²) in [6.07, 6.45) is -3.33. The monoisotopic (exact) mass is 419 g/mol. The first-order chi connectivity index (χ1) is 13.9. The number of aromatic nitrogens is 2. The van der Waals surface area contributed by atoms with Gasteiger partial charge in [0, 0.05) is 11.4 Å². The van der Waals surface area contributed by atoms with E-state index in [1.54, 1.807) is 18.2 Å². The zero-order valence-electron chi connectivity index (χ0n) is 14.7. The molecule has 4 nitrogen and oxygen atoms in total. The topological polar surface area (TPSA) is 47.0 Å². The number of nitrogens with zero attached hydrogens (tertiary/aromatic N) is 2. The van der Waals surface area contributed by atoms with E-state index in [1.807, 2.05) is 6.07 Å². The molecule has 0 aliphatic rings. The maximum atomic E-state index is 13.2. The van der Waals surface area contributed by atoms with Gasteiger partial charge in [0.25, 0.3) is 0 Å². The van der Waals surface area contributed by atoms with Crippen molar-refractivity contribution in [1.29, 1.82) is 0 Å². The van der Waals surface area contributed by atoms with Crippen LogP contribution in [-0.2, 0) is 6.54 Å². The van der Waals surface area contributed by atoms with Crippen LogP contribution in [0.25, 0.3) is 20.7 Å². The van der Waals surface area contributed by atoms with Crippen LogP contribution in [0, 0.1) is 5.82 Å². The number of benzene rings is 2. The highest BCUT2D eigenvalue weighted by Gasteiger charge is 2.31. The Morgan fingerprint density at radius 2 is 1.79 bits per heavy atom. The van der Waals surface area contributed by atoms with E-state index in [-0.39, 0.29) is 18.1 Å². The molecule has 0 unspecified atom stereocenters. The van der Waals surface area contributed by atoms with E-state index in [0.29, 0.717) is 11.4 Å². The van der Waals surface area contributed by atoms with Crippen molar-refractivity contribution in [1.82, 2.24) is 9.97 Å². The molecule has 0 amide bonds. The molecule has 0 aliphatic carbocycles. The molecule has 9 heteroatoms. The molecular weight excluding hydrogens is 406 g/mol. The quantitative estimate of drug-likeness (QED) is 0.403. The van der Waals surface area contributed by atoms with Gasteiger partial charge in [-0.25, -0.2) is 14.4 Å². The number of thiophene rings is 1. The summed E-state index contributed by atoms with van der Waals surface area (Å²) in [4.78, 5) is 9.40. The van der Waals surface area contributed by atoms with E-state index in [4.69, 9.17) is 0 Å². The molecule has 0 spiro atoms. The SMILES string of the molecule is Fc1ccc(-c2cc3ncnc(NCc4cccc(OC(F)(F)F)c4)c3s2)cc1. The van der Waals surface area contributed by atoms with E-state index in [1.165, 1.54) is 48.0 Å². The smallest absolute Gasteiger partial charge is 0.406 e. The van der Waals surface area contributed by atoms with Crippen LogP contribution in [0.3, 0.4) is 0 Å². The number of fused-ring (bicyclic) bond motifs is 1. The van der Waals surface area contributed by atoms with Crippen LogP contribution < -0.4 is 10.1 Å². The average Bonchev–Trinajstić information content (AvgIpc) is 3.11. The molecule has 4 aromatic rings. The van der Waals surface area contributed by atoms with Crippen LogP contribution in [0.1, 0.15) is 5.56 Å². The number of hydrogen-bond donors (Lipinski definition) is 1. The predicted molar refractivity (Wildman–Crippen MR) is 103 cm³/mol. The molecule has 148 valence electrons. The molecule has 1 N–H and O–H groups in total. The number of anilines is 1. The number of rotatable bonds is 5. The van der Waals surface area contributed by atoms with E-state index >= 15 is 0 Å². The summed E-state index contributed by atoms with van der Waals surface area (Å²) in [5.74, 6) is -0.0244. The molecule has 2 aromatic carbocycles. The number of hydrogen-bond acceptors (Lipinski definition) is 5. The van der Waals surface area contributed by atoms with Gasteiger partial charge in [0.2, 0.25) is 0 Å².